The summed E-state index contributed by atoms with van der Waals surface area (Å²) in [5.41, 5.74) is 0.494. The molecule has 0 bridgehead atoms. The summed E-state index contributed by atoms with van der Waals surface area (Å²) in [5, 5.41) is 11.9. The topological polar surface area (TPSA) is 94.0 Å². The zero-order valence-electron chi connectivity index (χ0n) is 18.8. The third kappa shape index (κ3) is 5.60. The lowest BCUT2D eigenvalue weighted by atomic mass is 10.1. The van der Waals surface area contributed by atoms with Crippen LogP contribution in [0.25, 0.3) is 11.0 Å². The molecule has 0 spiro atoms. The van der Waals surface area contributed by atoms with Gasteiger partial charge in [0.25, 0.3) is 5.91 Å². The van der Waals surface area contributed by atoms with Crippen LogP contribution in [0.15, 0.2) is 61.1 Å². The van der Waals surface area contributed by atoms with Crippen molar-refractivity contribution in [2.75, 3.05) is 11.9 Å². The Bertz CT molecular complexity index is 1280. The lowest BCUT2D eigenvalue weighted by molar-refractivity contribution is -0.134. The lowest BCUT2D eigenvalue weighted by Crippen LogP contribution is -2.47. The van der Waals surface area contributed by atoms with Gasteiger partial charge in [0.15, 0.2) is 11.2 Å². The van der Waals surface area contributed by atoms with Gasteiger partial charge in [-0.1, -0.05) is 23.7 Å². The molecule has 0 unspecified atom stereocenters. The van der Waals surface area contributed by atoms with Crippen molar-refractivity contribution in [2.45, 2.75) is 32.5 Å². The number of rotatable bonds is 9. The lowest BCUT2D eigenvalue weighted by Gasteiger charge is -2.25. The van der Waals surface area contributed by atoms with E-state index in [-0.39, 0.29) is 11.7 Å². The highest BCUT2D eigenvalue weighted by Crippen LogP contribution is 2.21. The van der Waals surface area contributed by atoms with Crippen molar-refractivity contribution < 1.29 is 13.9 Å². The molecule has 0 aliphatic heterocycles. The van der Waals surface area contributed by atoms with Gasteiger partial charge in [-0.3, -0.25) is 4.79 Å². The Hall–Kier alpha value is -3.72. The number of carbonyl (C=O) groups is 1. The Labute approximate surface area is 201 Å². The molecule has 2 aromatic carbocycles. The van der Waals surface area contributed by atoms with E-state index in [2.05, 4.69) is 25.7 Å². The predicted molar refractivity (Wildman–Crippen MR) is 128 cm³/mol. The SMILES string of the molecule is CC(C)(Oc1ccc(Cl)cc1)C(=O)NCCn1ncc2c(NCc3ccc(F)cc3)ncnc21. The van der Waals surface area contributed by atoms with Crippen LogP contribution in [0.5, 0.6) is 5.75 Å². The van der Waals surface area contributed by atoms with E-state index in [1.807, 2.05) is 0 Å². The van der Waals surface area contributed by atoms with Crippen LogP contribution in [0.3, 0.4) is 0 Å². The van der Waals surface area contributed by atoms with Gasteiger partial charge in [0.2, 0.25) is 0 Å². The first-order chi connectivity index (χ1) is 16.3. The molecule has 8 nitrogen and oxygen atoms in total. The maximum absolute atomic E-state index is 13.1. The summed E-state index contributed by atoms with van der Waals surface area (Å²) in [7, 11) is 0. The largest absolute Gasteiger partial charge is 0.478 e. The van der Waals surface area contributed by atoms with Gasteiger partial charge in [-0.2, -0.15) is 5.10 Å². The second-order valence-corrected chi connectivity index (χ2v) is 8.57. The highest BCUT2D eigenvalue weighted by Gasteiger charge is 2.29. The Kier molecular flexibility index (Phi) is 6.93. The fraction of sp³-hybridized carbons (Fsp3) is 0.250. The molecule has 0 aliphatic rings. The van der Waals surface area contributed by atoms with E-state index in [0.717, 1.165) is 10.9 Å². The Balaban J connectivity index is 1.35. The maximum Gasteiger partial charge on any atom is 0.263 e. The Morgan fingerprint density at radius 1 is 1.12 bits per heavy atom. The van der Waals surface area contributed by atoms with E-state index in [9.17, 15) is 9.18 Å². The van der Waals surface area contributed by atoms with E-state index >= 15 is 0 Å². The normalized spacial score (nSPS) is 11.4. The molecule has 34 heavy (non-hydrogen) atoms. The molecule has 0 atom stereocenters. The number of benzene rings is 2. The fourth-order valence-corrected chi connectivity index (χ4v) is 3.44. The zero-order valence-corrected chi connectivity index (χ0v) is 19.5. The van der Waals surface area contributed by atoms with Gasteiger partial charge in [-0.05, 0) is 55.8 Å². The van der Waals surface area contributed by atoms with E-state index in [0.29, 0.717) is 41.9 Å². The highest BCUT2D eigenvalue weighted by atomic mass is 35.5. The fourth-order valence-electron chi connectivity index (χ4n) is 3.32. The third-order valence-corrected chi connectivity index (χ3v) is 5.40. The second kappa shape index (κ2) is 10.0. The van der Waals surface area contributed by atoms with Crippen molar-refractivity contribution in [2.24, 2.45) is 0 Å². The minimum absolute atomic E-state index is 0.254. The first-order valence-corrected chi connectivity index (χ1v) is 11.1. The van der Waals surface area contributed by atoms with Gasteiger partial charge in [0.1, 0.15) is 23.7 Å². The van der Waals surface area contributed by atoms with E-state index in [1.54, 1.807) is 61.1 Å². The molecular formula is C24H24ClFN6O2. The summed E-state index contributed by atoms with van der Waals surface area (Å²) < 4.78 is 20.6. The number of hydrogen-bond donors (Lipinski definition) is 2. The number of nitrogens with one attached hydrogen (secondary N) is 2. The molecule has 0 aliphatic carbocycles. The van der Waals surface area contributed by atoms with E-state index in [4.69, 9.17) is 16.3 Å². The molecule has 0 saturated carbocycles. The van der Waals surface area contributed by atoms with Gasteiger partial charge in [-0.15, -0.1) is 0 Å². The minimum atomic E-state index is -1.07. The Morgan fingerprint density at radius 3 is 2.59 bits per heavy atom. The van der Waals surface area contributed by atoms with Gasteiger partial charge in [0.05, 0.1) is 18.1 Å². The number of anilines is 1. The summed E-state index contributed by atoms with van der Waals surface area (Å²) in [6, 6.07) is 13.1. The molecular weight excluding hydrogens is 459 g/mol. The molecule has 10 heteroatoms. The first kappa shape index (κ1) is 23.4. The van der Waals surface area contributed by atoms with Crippen molar-refractivity contribution in [3.8, 4) is 5.75 Å². The number of nitrogens with zero attached hydrogens (tertiary/aromatic N) is 4. The van der Waals surface area contributed by atoms with Crippen LogP contribution in [0.2, 0.25) is 5.02 Å². The monoisotopic (exact) mass is 482 g/mol. The molecule has 4 aromatic rings. The molecule has 1 amide bonds. The molecule has 0 fully saturated rings. The van der Waals surface area contributed by atoms with E-state index < -0.39 is 5.60 Å². The van der Waals surface area contributed by atoms with Crippen molar-refractivity contribution in [3.05, 3.63) is 77.5 Å². The van der Waals surface area contributed by atoms with Gasteiger partial charge < -0.3 is 15.4 Å². The van der Waals surface area contributed by atoms with Gasteiger partial charge in [-0.25, -0.2) is 19.0 Å². The molecule has 0 saturated heterocycles. The molecule has 2 aromatic heterocycles. The van der Waals surface area contributed by atoms with E-state index in [1.165, 1.54) is 18.5 Å². The van der Waals surface area contributed by atoms with Crippen molar-refractivity contribution in [1.29, 1.82) is 0 Å². The minimum Gasteiger partial charge on any atom is -0.478 e. The van der Waals surface area contributed by atoms with Crippen LogP contribution in [0.1, 0.15) is 19.4 Å². The van der Waals surface area contributed by atoms with Crippen LogP contribution in [-0.4, -0.2) is 37.8 Å². The summed E-state index contributed by atoms with van der Waals surface area (Å²) >= 11 is 5.90. The van der Waals surface area contributed by atoms with Crippen LogP contribution in [-0.2, 0) is 17.9 Å². The van der Waals surface area contributed by atoms with Crippen LogP contribution in [0.4, 0.5) is 10.2 Å². The van der Waals surface area contributed by atoms with Crippen molar-refractivity contribution >= 4 is 34.4 Å². The molecule has 0 radical (unpaired) electrons. The van der Waals surface area contributed by atoms with Gasteiger partial charge in [0, 0.05) is 18.1 Å². The molecule has 2 heterocycles. The standard InChI is InChI=1S/C24H24ClFN6O2/c1-24(2,34-19-9-5-17(25)6-10-19)23(33)27-11-12-32-22-20(14-31-32)21(29-15-30-22)28-13-16-3-7-18(26)8-4-16/h3-10,14-15H,11-13H2,1-2H3,(H,27,33)(H,28,29,30). The number of aromatic nitrogens is 4. The van der Waals surface area contributed by atoms with Gasteiger partial charge >= 0.3 is 0 Å². The number of hydrogen-bond acceptors (Lipinski definition) is 6. The smallest absolute Gasteiger partial charge is 0.263 e. The highest BCUT2D eigenvalue weighted by molar-refractivity contribution is 6.30. The molecule has 2 N–H and O–H groups in total. The predicted octanol–water partition coefficient (Wildman–Crippen LogP) is 4.20. The summed E-state index contributed by atoms with van der Waals surface area (Å²) in [6.07, 6.45) is 3.13. The summed E-state index contributed by atoms with van der Waals surface area (Å²) in [5.74, 6) is 0.652. The molecule has 4 rings (SSSR count). The number of halogens is 2. The second-order valence-electron chi connectivity index (χ2n) is 8.13. The first-order valence-electron chi connectivity index (χ1n) is 10.7. The quantitative estimate of drug-likeness (QED) is 0.371. The third-order valence-electron chi connectivity index (χ3n) is 5.15. The number of carbonyl (C=O) groups excluding carboxylic acids is 1. The van der Waals surface area contributed by atoms with Crippen molar-refractivity contribution in [3.63, 3.8) is 0 Å². The summed E-state index contributed by atoms with van der Waals surface area (Å²) in [6.45, 7) is 4.64. The van der Waals surface area contributed by atoms with Crippen LogP contribution >= 0.6 is 11.6 Å². The average molecular weight is 483 g/mol. The Morgan fingerprint density at radius 2 is 1.85 bits per heavy atom. The van der Waals surface area contributed by atoms with Crippen molar-refractivity contribution in [1.82, 2.24) is 25.1 Å². The number of ether oxygens (including phenoxy) is 1. The number of fused-ring (bicyclic) bond motifs is 1. The van der Waals surface area contributed by atoms with Crippen LogP contribution in [0, 0.1) is 5.82 Å². The summed E-state index contributed by atoms with van der Waals surface area (Å²) in [4.78, 5) is 21.3. The zero-order chi connectivity index (χ0) is 24.1. The molecule has 176 valence electrons. The number of amides is 1. The van der Waals surface area contributed by atoms with Crippen LogP contribution < -0.4 is 15.4 Å². The average Bonchev–Trinajstić information content (AvgIpc) is 3.24. The maximum atomic E-state index is 13.1.